The average Bonchev–Trinajstić information content (AvgIpc) is 2.36. The monoisotopic (exact) mass is 368 g/mol. The zero-order valence-corrected chi connectivity index (χ0v) is 12.8. The lowest BCUT2D eigenvalue weighted by molar-refractivity contribution is -0.385. The number of methoxy groups -OCH3 is 1. The zero-order chi connectivity index (χ0) is 15.3. The quantitative estimate of drug-likeness (QED) is 0.538. The van der Waals surface area contributed by atoms with Crippen molar-refractivity contribution in [2.24, 2.45) is 0 Å². The molecule has 0 aliphatic heterocycles. The molecule has 2 N–H and O–H groups in total. The minimum Gasteiger partial charge on any atom is -0.389 e. The van der Waals surface area contributed by atoms with Gasteiger partial charge < -0.3 is 9.84 Å². The van der Waals surface area contributed by atoms with Crippen LogP contribution >= 0.6 is 15.9 Å². The van der Waals surface area contributed by atoms with E-state index in [0.29, 0.717) is 0 Å². The van der Waals surface area contributed by atoms with Crippen LogP contribution in [0.5, 0.6) is 0 Å². The van der Waals surface area contributed by atoms with Crippen LogP contribution in [0.4, 0.5) is 5.69 Å². The molecule has 8 nitrogen and oxygen atoms in total. The Morgan fingerprint density at radius 3 is 2.70 bits per heavy atom. The Hall–Kier alpha value is -1.07. The van der Waals surface area contributed by atoms with Crippen LogP contribution in [0.25, 0.3) is 0 Å². The van der Waals surface area contributed by atoms with Crippen LogP contribution < -0.4 is 4.72 Å². The molecule has 0 aliphatic carbocycles. The summed E-state index contributed by atoms with van der Waals surface area (Å²) in [5, 5.41) is 20.1. The fourth-order valence-electron chi connectivity index (χ4n) is 1.35. The third-order valence-electron chi connectivity index (χ3n) is 2.25. The molecule has 0 saturated heterocycles. The van der Waals surface area contributed by atoms with Crippen molar-refractivity contribution < 1.29 is 23.2 Å². The van der Waals surface area contributed by atoms with E-state index < -0.39 is 21.1 Å². The first-order chi connectivity index (χ1) is 9.26. The first-order valence-electron chi connectivity index (χ1n) is 5.38. The molecule has 10 heteroatoms. The van der Waals surface area contributed by atoms with Crippen molar-refractivity contribution in [2.45, 2.75) is 11.0 Å². The van der Waals surface area contributed by atoms with Gasteiger partial charge in [0.2, 0.25) is 10.0 Å². The van der Waals surface area contributed by atoms with Crippen LogP contribution in [0.3, 0.4) is 0 Å². The van der Waals surface area contributed by atoms with Crippen LogP contribution in [-0.2, 0) is 14.8 Å². The summed E-state index contributed by atoms with van der Waals surface area (Å²) in [7, 11) is -2.58. The third kappa shape index (κ3) is 4.80. The van der Waals surface area contributed by atoms with Crippen molar-refractivity contribution in [3.63, 3.8) is 0 Å². The largest absolute Gasteiger partial charge is 0.389 e. The van der Waals surface area contributed by atoms with Gasteiger partial charge in [0.05, 0.1) is 22.5 Å². The molecule has 0 radical (unpaired) electrons. The molecule has 0 unspecified atom stereocenters. The second kappa shape index (κ2) is 7.09. The number of nitro groups is 1. The second-order valence-corrected chi connectivity index (χ2v) is 6.55. The van der Waals surface area contributed by atoms with Crippen LogP contribution in [0.2, 0.25) is 0 Å². The number of hydrogen-bond donors (Lipinski definition) is 2. The van der Waals surface area contributed by atoms with E-state index in [9.17, 15) is 23.6 Å². The lowest BCUT2D eigenvalue weighted by Crippen LogP contribution is -2.34. The zero-order valence-electron chi connectivity index (χ0n) is 10.4. The topological polar surface area (TPSA) is 119 Å². The molecule has 0 aromatic heterocycles. The molecule has 1 rings (SSSR count). The lowest BCUT2D eigenvalue weighted by Gasteiger charge is -2.11. The van der Waals surface area contributed by atoms with Crippen molar-refractivity contribution in [3.8, 4) is 0 Å². The van der Waals surface area contributed by atoms with E-state index in [4.69, 9.17) is 0 Å². The van der Waals surface area contributed by atoms with Crippen molar-refractivity contribution in [1.82, 2.24) is 4.72 Å². The molecule has 0 saturated carbocycles. The number of nitrogens with one attached hydrogen (secondary N) is 1. The molecule has 0 spiro atoms. The number of sulfonamides is 1. The Kier molecular flexibility index (Phi) is 6.02. The number of nitro benzene ring substituents is 1. The van der Waals surface area contributed by atoms with Crippen molar-refractivity contribution >= 4 is 31.6 Å². The number of aliphatic hydroxyl groups excluding tert-OH is 1. The van der Waals surface area contributed by atoms with Gasteiger partial charge in [-0.15, -0.1) is 0 Å². The number of halogens is 1. The Morgan fingerprint density at radius 1 is 1.50 bits per heavy atom. The van der Waals surface area contributed by atoms with Gasteiger partial charge >= 0.3 is 0 Å². The van der Waals surface area contributed by atoms with Gasteiger partial charge in [0, 0.05) is 30.3 Å². The van der Waals surface area contributed by atoms with Gasteiger partial charge in [0.1, 0.15) is 0 Å². The average molecular weight is 369 g/mol. The number of benzene rings is 1. The van der Waals surface area contributed by atoms with E-state index in [-0.39, 0.29) is 28.2 Å². The highest BCUT2D eigenvalue weighted by molar-refractivity contribution is 9.10. The van der Waals surface area contributed by atoms with Gasteiger partial charge in [-0.05, 0) is 6.07 Å². The van der Waals surface area contributed by atoms with Gasteiger partial charge in [0.25, 0.3) is 5.69 Å². The number of non-ortho nitro benzene ring substituents is 1. The first-order valence-corrected chi connectivity index (χ1v) is 7.65. The molecule has 112 valence electrons. The number of rotatable bonds is 7. The summed E-state index contributed by atoms with van der Waals surface area (Å²) >= 11 is 3.01. The van der Waals surface area contributed by atoms with Crippen LogP contribution in [0, 0.1) is 10.1 Å². The van der Waals surface area contributed by atoms with Crippen molar-refractivity contribution in [2.75, 3.05) is 20.3 Å². The molecule has 0 fully saturated rings. The highest BCUT2D eigenvalue weighted by Crippen LogP contribution is 2.24. The third-order valence-corrected chi connectivity index (χ3v) is 4.11. The minimum absolute atomic E-state index is 0.0266. The summed E-state index contributed by atoms with van der Waals surface area (Å²) in [4.78, 5) is 9.74. The molecular formula is C10H13BrN2O6S. The summed E-state index contributed by atoms with van der Waals surface area (Å²) in [5.41, 5.74) is -0.350. The van der Waals surface area contributed by atoms with Crippen molar-refractivity contribution in [3.05, 3.63) is 32.8 Å². The number of hydrogen-bond acceptors (Lipinski definition) is 6. The Balaban J connectivity index is 2.95. The molecule has 0 aliphatic rings. The van der Waals surface area contributed by atoms with E-state index in [1.165, 1.54) is 19.2 Å². The minimum atomic E-state index is -3.95. The maximum absolute atomic E-state index is 12.0. The normalized spacial score (nSPS) is 13.2. The SMILES string of the molecule is COC[C@H](O)CNS(=O)(=O)c1cc(Br)cc([N+](=O)[O-])c1. The predicted octanol–water partition coefficient (Wildman–Crippen LogP) is 0.643. The fraction of sp³-hybridized carbons (Fsp3) is 0.400. The predicted molar refractivity (Wildman–Crippen MR) is 73.9 cm³/mol. The molecule has 0 amide bonds. The molecule has 0 heterocycles. The van der Waals surface area contributed by atoms with E-state index in [0.717, 1.165) is 6.07 Å². The highest BCUT2D eigenvalue weighted by Gasteiger charge is 2.20. The van der Waals surface area contributed by atoms with E-state index in [1.807, 2.05) is 0 Å². The smallest absolute Gasteiger partial charge is 0.271 e. The van der Waals surface area contributed by atoms with Crippen LogP contribution in [-0.4, -0.2) is 44.8 Å². The molecule has 1 aromatic rings. The van der Waals surface area contributed by atoms with Crippen LogP contribution in [0.15, 0.2) is 27.6 Å². The second-order valence-electron chi connectivity index (χ2n) is 3.86. The standard InChI is InChI=1S/C10H13BrN2O6S/c1-19-6-9(14)5-12-20(17,18)10-3-7(11)2-8(4-10)13(15)16/h2-4,9,12,14H,5-6H2,1H3/t9-/m1/s1. The van der Waals surface area contributed by atoms with E-state index in [1.54, 1.807) is 0 Å². The Morgan fingerprint density at radius 2 is 2.15 bits per heavy atom. The molecule has 1 atom stereocenters. The number of ether oxygens (including phenoxy) is 1. The van der Waals surface area contributed by atoms with Gasteiger partial charge in [0.15, 0.2) is 0 Å². The summed E-state index contributed by atoms with van der Waals surface area (Å²) < 4.78 is 31.0. The molecule has 1 aromatic carbocycles. The Labute approximate surface area is 124 Å². The molecular weight excluding hydrogens is 356 g/mol. The lowest BCUT2D eigenvalue weighted by atomic mass is 10.3. The fourth-order valence-corrected chi connectivity index (χ4v) is 3.12. The van der Waals surface area contributed by atoms with E-state index >= 15 is 0 Å². The molecule has 0 bridgehead atoms. The summed E-state index contributed by atoms with van der Waals surface area (Å²) in [6.07, 6.45) is -1.00. The maximum atomic E-state index is 12.0. The number of nitrogens with zero attached hydrogens (tertiary/aromatic N) is 1. The van der Waals surface area contributed by atoms with Gasteiger partial charge in [-0.1, -0.05) is 15.9 Å². The van der Waals surface area contributed by atoms with Gasteiger partial charge in [-0.25, -0.2) is 13.1 Å². The summed E-state index contributed by atoms with van der Waals surface area (Å²) in [5.74, 6) is 0. The summed E-state index contributed by atoms with van der Waals surface area (Å²) in [6.45, 7) is -0.280. The van der Waals surface area contributed by atoms with Gasteiger partial charge in [-0.3, -0.25) is 10.1 Å². The highest BCUT2D eigenvalue weighted by atomic mass is 79.9. The van der Waals surface area contributed by atoms with Crippen LogP contribution in [0.1, 0.15) is 0 Å². The number of aliphatic hydroxyl groups is 1. The Bertz CT molecular complexity index is 591. The first kappa shape index (κ1) is 17.0. The van der Waals surface area contributed by atoms with E-state index in [2.05, 4.69) is 25.4 Å². The van der Waals surface area contributed by atoms with Gasteiger partial charge in [-0.2, -0.15) is 0 Å². The summed E-state index contributed by atoms with van der Waals surface area (Å²) in [6, 6.07) is 3.37. The molecule has 20 heavy (non-hydrogen) atoms. The van der Waals surface area contributed by atoms with Crippen molar-refractivity contribution in [1.29, 1.82) is 0 Å². The maximum Gasteiger partial charge on any atom is 0.271 e.